The number of rotatable bonds is 5. The summed E-state index contributed by atoms with van der Waals surface area (Å²) in [7, 11) is 0. The third-order valence-corrected chi connectivity index (χ3v) is 2.55. The summed E-state index contributed by atoms with van der Waals surface area (Å²) in [6.07, 6.45) is 1.43. The molecule has 0 amide bonds. The molecule has 1 aromatic rings. The fourth-order valence-corrected chi connectivity index (χ4v) is 1.63. The molecule has 0 aliphatic heterocycles. The van der Waals surface area contributed by atoms with Crippen molar-refractivity contribution >= 4 is 28.0 Å². The van der Waals surface area contributed by atoms with Gasteiger partial charge in [0.1, 0.15) is 11.8 Å². The number of nitrogens with zero attached hydrogens (tertiary/aromatic N) is 1. The van der Waals surface area contributed by atoms with Gasteiger partial charge in [0, 0.05) is 16.1 Å². The maximum absolute atomic E-state index is 12.2. The van der Waals surface area contributed by atoms with Crippen LogP contribution < -0.4 is 4.74 Å². The van der Waals surface area contributed by atoms with Gasteiger partial charge in [0.05, 0.1) is 0 Å². The van der Waals surface area contributed by atoms with Gasteiger partial charge in [-0.25, -0.2) is 4.79 Å². The smallest absolute Gasteiger partial charge is 0.387 e. The molecule has 0 heterocycles. The van der Waals surface area contributed by atoms with Crippen molar-refractivity contribution in [2.24, 2.45) is 0 Å². The van der Waals surface area contributed by atoms with Crippen molar-refractivity contribution in [3.05, 3.63) is 34.3 Å². The van der Waals surface area contributed by atoms with E-state index in [2.05, 4.69) is 25.4 Å². The molecule has 0 saturated heterocycles. The van der Waals surface area contributed by atoms with Crippen molar-refractivity contribution in [2.75, 3.05) is 0 Å². The summed E-state index contributed by atoms with van der Waals surface area (Å²) in [4.78, 5) is 11.3. The molecular weight excluding hydrogens is 336 g/mol. The van der Waals surface area contributed by atoms with E-state index in [1.807, 2.05) is 0 Å². The topological polar surface area (TPSA) is 59.3 Å². The van der Waals surface area contributed by atoms with Crippen molar-refractivity contribution in [2.45, 2.75) is 19.6 Å². The van der Waals surface area contributed by atoms with Crippen LogP contribution in [-0.2, 0) is 9.53 Å². The molecule has 106 valence electrons. The lowest BCUT2D eigenvalue weighted by Gasteiger charge is -2.08. The minimum absolute atomic E-state index is 0.0689. The lowest BCUT2D eigenvalue weighted by molar-refractivity contribution is -0.139. The zero-order valence-corrected chi connectivity index (χ0v) is 11.9. The summed E-state index contributed by atoms with van der Waals surface area (Å²) in [5.74, 6) is -0.817. The molecule has 0 radical (unpaired) electrons. The van der Waals surface area contributed by atoms with Crippen molar-refractivity contribution in [1.29, 1.82) is 5.26 Å². The second kappa shape index (κ2) is 7.60. The van der Waals surface area contributed by atoms with Gasteiger partial charge >= 0.3 is 12.6 Å². The Morgan fingerprint density at radius 1 is 1.50 bits per heavy atom. The van der Waals surface area contributed by atoms with Crippen LogP contribution in [0.2, 0.25) is 0 Å². The Kier molecular flexibility index (Phi) is 6.12. The minimum Gasteiger partial charge on any atom is -0.444 e. The number of nitriles is 1. The molecule has 20 heavy (non-hydrogen) atoms. The van der Waals surface area contributed by atoms with Crippen molar-refractivity contribution in [3.63, 3.8) is 0 Å². The Morgan fingerprint density at radius 3 is 2.80 bits per heavy atom. The average molecular weight is 346 g/mol. The van der Waals surface area contributed by atoms with Gasteiger partial charge in [0.2, 0.25) is 0 Å². The van der Waals surface area contributed by atoms with Gasteiger partial charge in [-0.05, 0) is 31.2 Å². The predicted molar refractivity (Wildman–Crippen MR) is 71.0 cm³/mol. The van der Waals surface area contributed by atoms with Crippen LogP contribution in [-0.4, -0.2) is 18.7 Å². The van der Waals surface area contributed by atoms with Gasteiger partial charge in [-0.3, -0.25) is 0 Å². The summed E-state index contributed by atoms with van der Waals surface area (Å²) in [5, 5.41) is 8.49. The Hall–Kier alpha value is -1.94. The number of hydrogen-bond acceptors (Lipinski definition) is 4. The minimum atomic E-state index is -2.96. The van der Waals surface area contributed by atoms with Crippen molar-refractivity contribution < 1.29 is 23.0 Å². The van der Waals surface area contributed by atoms with Crippen LogP contribution in [0.3, 0.4) is 0 Å². The highest BCUT2D eigenvalue weighted by atomic mass is 79.9. The SMILES string of the molecule is C[C@@H](C#N)OC(=O)/C=C/c1cc(Br)ccc1OC(F)F. The Morgan fingerprint density at radius 2 is 2.20 bits per heavy atom. The standard InChI is InChI=1S/C13H10BrF2NO3/c1-8(7-17)19-12(18)5-2-9-6-10(14)3-4-11(9)20-13(15)16/h2-6,8,13H,1H3/b5-2+/t8-/m0/s1. The van der Waals surface area contributed by atoms with Crippen LogP contribution in [0, 0.1) is 11.3 Å². The third-order valence-electron chi connectivity index (χ3n) is 2.06. The molecule has 0 unspecified atom stereocenters. The summed E-state index contributed by atoms with van der Waals surface area (Å²) >= 11 is 3.18. The first kappa shape index (κ1) is 16.1. The number of benzene rings is 1. The van der Waals surface area contributed by atoms with Crippen LogP contribution in [0.15, 0.2) is 28.7 Å². The van der Waals surface area contributed by atoms with Gasteiger partial charge in [0.25, 0.3) is 0 Å². The quantitative estimate of drug-likeness (QED) is 0.605. The van der Waals surface area contributed by atoms with Crippen LogP contribution in [0.1, 0.15) is 12.5 Å². The van der Waals surface area contributed by atoms with E-state index in [-0.39, 0.29) is 11.3 Å². The van der Waals surface area contributed by atoms with E-state index in [1.165, 1.54) is 31.2 Å². The monoisotopic (exact) mass is 345 g/mol. The maximum atomic E-state index is 12.2. The first-order valence-corrected chi connectivity index (χ1v) is 6.24. The molecule has 0 spiro atoms. The van der Waals surface area contributed by atoms with E-state index < -0.39 is 18.7 Å². The second-order valence-corrected chi connectivity index (χ2v) is 4.52. The number of esters is 1. The molecule has 1 rings (SSSR count). The molecule has 7 heteroatoms. The van der Waals surface area contributed by atoms with Crippen molar-refractivity contribution in [1.82, 2.24) is 0 Å². The van der Waals surface area contributed by atoms with Gasteiger partial charge in [-0.2, -0.15) is 14.0 Å². The molecule has 0 bridgehead atoms. The van der Waals surface area contributed by atoms with Gasteiger partial charge in [-0.1, -0.05) is 15.9 Å². The number of carbonyl (C=O) groups excluding carboxylic acids is 1. The molecule has 1 aromatic carbocycles. The van der Waals surface area contributed by atoms with Crippen LogP contribution in [0.25, 0.3) is 6.08 Å². The van der Waals surface area contributed by atoms with Crippen molar-refractivity contribution in [3.8, 4) is 11.8 Å². The Balaban J connectivity index is 2.87. The van der Waals surface area contributed by atoms with E-state index in [4.69, 9.17) is 5.26 Å². The summed E-state index contributed by atoms with van der Waals surface area (Å²) in [6.45, 7) is -1.55. The lowest BCUT2D eigenvalue weighted by atomic mass is 10.2. The third kappa shape index (κ3) is 5.36. The van der Waals surface area contributed by atoms with Crippen LogP contribution in [0.5, 0.6) is 5.75 Å². The number of carbonyl (C=O) groups is 1. The Labute approximate surface area is 122 Å². The molecule has 0 aliphatic rings. The summed E-state index contributed by atoms with van der Waals surface area (Å²) < 4.78 is 34.1. The lowest BCUT2D eigenvalue weighted by Crippen LogP contribution is -2.10. The summed E-state index contributed by atoms with van der Waals surface area (Å²) in [5.41, 5.74) is 0.279. The van der Waals surface area contributed by atoms with E-state index in [1.54, 1.807) is 6.07 Å². The van der Waals surface area contributed by atoms with E-state index >= 15 is 0 Å². The number of halogens is 3. The zero-order chi connectivity index (χ0) is 15.1. The molecule has 4 nitrogen and oxygen atoms in total. The van der Waals surface area contributed by atoms with E-state index in [0.29, 0.717) is 4.47 Å². The molecule has 0 aliphatic carbocycles. The normalized spacial score (nSPS) is 12.2. The molecule has 0 aromatic heterocycles. The largest absolute Gasteiger partial charge is 0.444 e. The van der Waals surface area contributed by atoms with Gasteiger partial charge < -0.3 is 9.47 Å². The van der Waals surface area contributed by atoms with Crippen LogP contribution in [0.4, 0.5) is 8.78 Å². The van der Waals surface area contributed by atoms with E-state index in [0.717, 1.165) is 6.08 Å². The first-order valence-electron chi connectivity index (χ1n) is 5.45. The first-order chi connectivity index (χ1) is 9.42. The number of hydrogen-bond donors (Lipinski definition) is 0. The Bertz CT molecular complexity index is 555. The average Bonchev–Trinajstić information content (AvgIpc) is 2.38. The fourth-order valence-electron chi connectivity index (χ4n) is 1.25. The summed E-state index contributed by atoms with van der Waals surface area (Å²) in [6, 6.07) is 6.12. The highest BCUT2D eigenvalue weighted by Gasteiger charge is 2.09. The molecular formula is C13H10BrF2NO3. The highest BCUT2D eigenvalue weighted by Crippen LogP contribution is 2.26. The predicted octanol–water partition coefficient (Wildman–Crippen LogP) is 3.52. The van der Waals surface area contributed by atoms with Gasteiger partial charge in [0.15, 0.2) is 6.10 Å². The molecule has 0 saturated carbocycles. The molecule has 0 N–H and O–H groups in total. The zero-order valence-electron chi connectivity index (χ0n) is 10.3. The van der Waals surface area contributed by atoms with Gasteiger partial charge in [-0.15, -0.1) is 0 Å². The van der Waals surface area contributed by atoms with Crippen LogP contribution >= 0.6 is 15.9 Å². The molecule has 0 fully saturated rings. The molecule has 1 atom stereocenters. The van der Waals surface area contributed by atoms with E-state index in [9.17, 15) is 13.6 Å². The number of alkyl halides is 2. The maximum Gasteiger partial charge on any atom is 0.387 e. The number of ether oxygens (including phenoxy) is 2. The second-order valence-electron chi connectivity index (χ2n) is 3.60. The highest BCUT2D eigenvalue weighted by molar-refractivity contribution is 9.10. The fraction of sp³-hybridized carbons (Fsp3) is 0.231.